The minimum Gasteiger partial charge on any atom is -0.374 e. The molecular formula is C25H24ClN3O5. The monoisotopic (exact) mass is 481 g/mol. The summed E-state index contributed by atoms with van der Waals surface area (Å²) in [5.41, 5.74) is 1.51. The van der Waals surface area contributed by atoms with Crippen LogP contribution in [-0.4, -0.2) is 29.9 Å². The number of rotatable bonds is 10. The molecule has 0 fully saturated rings. The SMILES string of the molecule is CC(OCCCNC(=O)c1ccccc1NC(=O)c1ccc([N+](=O)[O-])cc1Cl)c1ccccc1. The molecule has 3 aromatic carbocycles. The highest BCUT2D eigenvalue weighted by Gasteiger charge is 2.18. The van der Waals surface area contributed by atoms with Crippen molar-refractivity contribution in [1.29, 1.82) is 0 Å². The molecular weight excluding hydrogens is 458 g/mol. The van der Waals surface area contributed by atoms with E-state index in [2.05, 4.69) is 10.6 Å². The van der Waals surface area contributed by atoms with Crippen LogP contribution in [0.5, 0.6) is 0 Å². The number of benzene rings is 3. The Morgan fingerprint density at radius 2 is 1.71 bits per heavy atom. The molecule has 0 aliphatic heterocycles. The van der Waals surface area contributed by atoms with Crippen LogP contribution in [0.25, 0.3) is 0 Å². The van der Waals surface area contributed by atoms with E-state index in [-0.39, 0.29) is 33.8 Å². The molecule has 0 aliphatic carbocycles. The number of non-ortho nitro benzene ring substituents is 1. The highest BCUT2D eigenvalue weighted by Crippen LogP contribution is 2.24. The quantitative estimate of drug-likeness (QED) is 0.229. The van der Waals surface area contributed by atoms with E-state index in [1.165, 1.54) is 12.1 Å². The average molecular weight is 482 g/mol. The molecule has 1 unspecified atom stereocenters. The van der Waals surface area contributed by atoms with Gasteiger partial charge in [0.1, 0.15) is 0 Å². The Morgan fingerprint density at radius 1 is 1.00 bits per heavy atom. The van der Waals surface area contributed by atoms with Crippen molar-refractivity contribution in [3.63, 3.8) is 0 Å². The first-order valence-corrected chi connectivity index (χ1v) is 11.0. The normalized spacial score (nSPS) is 11.5. The maximum atomic E-state index is 12.7. The standard InChI is InChI=1S/C25H24ClN3O5/c1-17(18-8-3-2-4-9-18)34-15-7-14-27-24(30)21-10-5-6-11-23(21)28-25(31)20-13-12-19(29(32)33)16-22(20)26/h2-6,8-13,16-17H,7,14-15H2,1H3,(H,27,30)(H,28,31). The predicted octanol–water partition coefficient (Wildman–Crippen LogP) is 5.40. The van der Waals surface area contributed by atoms with Crippen LogP contribution in [0, 0.1) is 10.1 Å². The number of nitrogens with one attached hydrogen (secondary N) is 2. The Bertz CT molecular complexity index is 1170. The Morgan fingerprint density at radius 3 is 2.41 bits per heavy atom. The number of anilines is 1. The van der Waals surface area contributed by atoms with Crippen LogP contribution in [0.1, 0.15) is 45.7 Å². The minimum atomic E-state index is -0.597. The fourth-order valence-electron chi connectivity index (χ4n) is 3.23. The first-order valence-electron chi connectivity index (χ1n) is 10.7. The molecule has 3 aromatic rings. The Kier molecular flexibility index (Phi) is 8.73. The molecule has 0 aliphatic rings. The fraction of sp³-hybridized carbons (Fsp3) is 0.200. The van der Waals surface area contributed by atoms with Crippen molar-refractivity contribution < 1.29 is 19.2 Å². The Hall–Kier alpha value is -3.75. The molecule has 0 saturated carbocycles. The number of carbonyl (C=O) groups is 2. The van der Waals surface area contributed by atoms with Gasteiger partial charge in [0.15, 0.2) is 0 Å². The topological polar surface area (TPSA) is 111 Å². The van der Waals surface area contributed by atoms with Crippen LogP contribution in [0.15, 0.2) is 72.8 Å². The summed E-state index contributed by atoms with van der Waals surface area (Å²) >= 11 is 6.04. The van der Waals surface area contributed by atoms with Crippen molar-refractivity contribution in [3.05, 3.63) is 105 Å². The number of para-hydroxylation sites is 1. The van der Waals surface area contributed by atoms with Crippen LogP contribution < -0.4 is 10.6 Å². The smallest absolute Gasteiger partial charge is 0.270 e. The van der Waals surface area contributed by atoms with E-state index in [0.29, 0.717) is 25.3 Å². The third kappa shape index (κ3) is 6.63. The summed E-state index contributed by atoms with van der Waals surface area (Å²) in [4.78, 5) is 35.6. The summed E-state index contributed by atoms with van der Waals surface area (Å²) in [7, 11) is 0. The van der Waals surface area contributed by atoms with Gasteiger partial charge in [0.05, 0.1) is 32.9 Å². The van der Waals surface area contributed by atoms with Crippen LogP contribution in [0.4, 0.5) is 11.4 Å². The van der Waals surface area contributed by atoms with E-state index < -0.39 is 10.8 Å². The molecule has 2 amide bonds. The second-order valence-electron chi connectivity index (χ2n) is 7.45. The van der Waals surface area contributed by atoms with E-state index in [0.717, 1.165) is 11.6 Å². The zero-order valence-electron chi connectivity index (χ0n) is 18.5. The summed E-state index contributed by atoms with van der Waals surface area (Å²) in [6.07, 6.45) is 0.578. The summed E-state index contributed by atoms with van der Waals surface area (Å²) in [5.74, 6) is -0.926. The fourth-order valence-corrected chi connectivity index (χ4v) is 3.49. The maximum Gasteiger partial charge on any atom is 0.270 e. The van der Waals surface area contributed by atoms with E-state index in [1.54, 1.807) is 24.3 Å². The summed E-state index contributed by atoms with van der Waals surface area (Å²) < 4.78 is 5.81. The molecule has 1 atom stereocenters. The Labute approximate surface area is 202 Å². The van der Waals surface area contributed by atoms with Gasteiger partial charge in [-0.15, -0.1) is 0 Å². The summed E-state index contributed by atoms with van der Waals surface area (Å²) in [6, 6.07) is 20.0. The van der Waals surface area contributed by atoms with Crippen molar-refractivity contribution in [3.8, 4) is 0 Å². The summed E-state index contributed by atoms with van der Waals surface area (Å²) in [6.45, 7) is 2.86. The van der Waals surface area contributed by atoms with Gasteiger partial charge < -0.3 is 15.4 Å². The Balaban J connectivity index is 1.54. The van der Waals surface area contributed by atoms with Gasteiger partial charge in [-0.3, -0.25) is 19.7 Å². The molecule has 0 radical (unpaired) electrons. The van der Waals surface area contributed by atoms with Gasteiger partial charge in [-0.2, -0.15) is 0 Å². The molecule has 8 nitrogen and oxygen atoms in total. The molecule has 9 heteroatoms. The number of ether oxygens (including phenoxy) is 1. The molecule has 0 heterocycles. The van der Waals surface area contributed by atoms with Gasteiger partial charge in [0, 0.05) is 25.3 Å². The van der Waals surface area contributed by atoms with E-state index in [1.807, 2.05) is 37.3 Å². The van der Waals surface area contributed by atoms with Crippen LogP contribution in [0.3, 0.4) is 0 Å². The lowest BCUT2D eigenvalue weighted by molar-refractivity contribution is -0.384. The minimum absolute atomic E-state index is 0.0425. The number of amides is 2. The van der Waals surface area contributed by atoms with Crippen molar-refractivity contribution in [2.45, 2.75) is 19.4 Å². The van der Waals surface area contributed by atoms with Gasteiger partial charge in [-0.25, -0.2) is 0 Å². The van der Waals surface area contributed by atoms with Gasteiger partial charge in [0.2, 0.25) is 0 Å². The van der Waals surface area contributed by atoms with Gasteiger partial charge in [-0.05, 0) is 37.1 Å². The van der Waals surface area contributed by atoms with Crippen molar-refractivity contribution in [2.24, 2.45) is 0 Å². The molecule has 0 bridgehead atoms. The second-order valence-corrected chi connectivity index (χ2v) is 7.86. The van der Waals surface area contributed by atoms with E-state index in [4.69, 9.17) is 16.3 Å². The van der Waals surface area contributed by atoms with Crippen molar-refractivity contribution in [2.75, 3.05) is 18.5 Å². The number of nitro groups is 1. The number of nitrogens with zero attached hydrogens (tertiary/aromatic N) is 1. The van der Waals surface area contributed by atoms with E-state index >= 15 is 0 Å². The number of hydrogen-bond acceptors (Lipinski definition) is 5. The number of nitro benzene ring substituents is 1. The molecule has 0 spiro atoms. The molecule has 3 rings (SSSR count). The van der Waals surface area contributed by atoms with Crippen molar-refractivity contribution in [1.82, 2.24) is 5.32 Å². The van der Waals surface area contributed by atoms with Gasteiger partial charge >= 0.3 is 0 Å². The maximum absolute atomic E-state index is 12.7. The molecule has 176 valence electrons. The molecule has 2 N–H and O–H groups in total. The highest BCUT2D eigenvalue weighted by atomic mass is 35.5. The predicted molar refractivity (Wildman–Crippen MR) is 130 cm³/mol. The zero-order chi connectivity index (χ0) is 24.5. The molecule has 34 heavy (non-hydrogen) atoms. The zero-order valence-corrected chi connectivity index (χ0v) is 19.2. The highest BCUT2D eigenvalue weighted by molar-refractivity contribution is 6.34. The largest absolute Gasteiger partial charge is 0.374 e. The lowest BCUT2D eigenvalue weighted by Gasteiger charge is -2.14. The van der Waals surface area contributed by atoms with Crippen LogP contribution >= 0.6 is 11.6 Å². The third-order valence-corrected chi connectivity index (χ3v) is 5.38. The first-order chi connectivity index (χ1) is 16.4. The van der Waals surface area contributed by atoms with E-state index in [9.17, 15) is 19.7 Å². The second kappa shape index (κ2) is 11.9. The van der Waals surface area contributed by atoms with Gasteiger partial charge in [0.25, 0.3) is 17.5 Å². The lowest BCUT2D eigenvalue weighted by atomic mass is 10.1. The van der Waals surface area contributed by atoms with Crippen LogP contribution in [0.2, 0.25) is 5.02 Å². The van der Waals surface area contributed by atoms with Crippen molar-refractivity contribution >= 4 is 34.8 Å². The lowest BCUT2D eigenvalue weighted by Crippen LogP contribution is -2.27. The number of hydrogen-bond donors (Lipinski definition) is 2. The third-order valence-electron chi connectivity index (χ3n) is 5.07. The number of carbonyl (C=O) groups excluding carboxylic acids is 2. The average Bonchev–Trinajstić information content (AvgIpc) is 2.84. The molecule has 0 aromatic heterocycles. The van der Waals surface area contributed by atoms with Crippen LogP contribution in [-0.2, 0) is 4.74 Å². The molecule has 0 saturated heterocycles. The van der Waals surface area contributed by atoms with Gasteiger partial charge in [-0.1, -0.05) is 54.1 Å². The summed E-state index contributed by atoms with van der Waals surface area (Å²) in [5, 5.41) is 16.3. The first kappa shape index (κ1) is 24.9. The number of halogens is 1.